The van der Waals surface area contributed by atoms with Gasteiger partial charge in [0.25, 0.3) is 0 Å². The van der Waals surface area contributed by atoms with Crippen LogP contribution in [0.3, 0.4) is 0 Å². The molecule has 2 atom stereocenters. The first-order chi connectivity index (χ1) is 12.4. The summed E-state index contributed by atoms with van der Waals surface area (Å²) in [5.74, 6) is -0.00906. The molecule has 0 spiro atoms. The number of nitrogens with one attached hydrogen (secondary N) is 1. The van der Waals surface area contributed by atoms with Crippen molar-refractivity contribution in [2.45, 2.75) is 69.0 Å². The van der Waals surface area contributed by atoms with Crippen molar-refractivity contribution in [3.63, 3.8) is 0 Å². The lowest BCUT2D eigenvalue weighted by Gasteiger charge is -2.33. The standard InChI is InChI=1S/C19H27F3N2O2/c20-19(21,22)26-18-6-2-1-4-15(18)13-7-9-14(10-8-13)25-12-17-16(23)5-3-11-24-17/h1-2,4,6,13-14,16-17,24H,3,5,7-12,23H2. The van der Waals surface area contributed by atoms with Crippen LogP contribution in [0.5, 0.6) is 5.75 Å². The Morgan fingerprint density at radius 3 is 2.50 bits per heavy atom. The highest BCUT2D eigenvalue weighted by molar-refractivity contribution is 5.36. The molecule has 1 aromatic carbocycles. The number of hydrogen-bond donors (Lipinski definition) is 2. The molecule has 1 aliphatic carbocycles. The Morgan fingerprint density at radius 1 is 1.08 bits per heavy atom. The molecular weight excluding hydrogens is 345 g/mol. The monoisotopic (exact) mass is 372 g/mol. The number of nitrogens with two attached hydrogens (primary N) is 1. The fraction of sp³-hybridized carbons (Fsp3) is 0.684. The van der Waals surface area contributed by atoms with E-state index in [0.717, 1.165) is 45.1 Å². The minimum Gasteiger partial charge on any atom is -0.405 e. The van der Waals surface area contributed by atoms with E-state index in [1.54, 1.807) is 18.2 Å². The second kappa shape index (κ2) is 8.59. The number of para-hydroxylation sites is 1. The first-order valence-corrected chi connectivity index (χ1v) is 9.37. The van der Waals surface area contributed by atoms with Crippen molar-refractivity contribution in [3.8, 4) is 5.75 Å². The van der Waals surface area contributed by atoms with Gasteiger partial charge >= 0.3 is 6.36 Å². The summed E-state index contributed by atoms with van der Waals surface area (Å²) in [5.41, 5.74) is 6.75. The summed E-state index contributed by atoms with van der Waals surface area (Å²) < 4.78 is 48.0. The zero-order valence-corrected chi connectivity index (χ0v) is 14.8. The summed E-state index contributed by atoms with van der Waals surface area (Å²) in [7, 11) is 0. The molecule has 1 saturated heterocycles. The van der Waals surface area contributed by atoms with Gasteiger partial charge in [0.15, 0.2) is 0 Å². The van der Waals surface area contributed by atoms with Gasteiger partial charge < -0.3 is 20.5 Å². The minimum absolute atomic E-state index is 0.0727. The molecule has 0 aromatic heterocycles. The van der Waals surface area contributed by atoms with Crippen molar-refractivity contribution in [1.82, 2.24) is 5.32 Å². The molecule has 2 unspecified atom stereocenters. The van der Waals surface area contributed by atoms with Crippen molar-refractivity contribution < 1.29 is 22.6 Å². The van der Waals surface area contributed by atoms with Crippen molar-refractivity contribution >= 4 is 0 Å². The molecule has 0 radical (unpaired) electrons. The first-order valence-electron chi connectivity index (χ1n) is 9.37. The van der Waals surface area contributed by atoms with E-state index in [2.05, 4.69) is 10.1 Å². The van der Waals surface area contributed by atoms with Gasteiger partial charge in [0.05, 0.1) is 12.7 Å². The van der Waals surface area contributed by atoms with Crippen LogP contribution in [0.25, 0.3) is 0 Å². The highest BCUT2D eigenvalue weighted by Crippen LogP contribution is 2.39. The van der Waals surface area contributed by atoms with Crippen LogP contribution in [0, 0.1) is 0 Å². The van der Waals surface area contributed by atoms with Gasteiger partial charge in [0, 0.05) is 12.1 Å². The number of alkyl halides is 3. The minimum atomic E-state index is -4.66. The Labute approximate surface area is 152 Å². The lowest BCUT2D eigenvalue weighted by atomic mass is 9.82. The summed E-state index contributed by atoms with van der Waals surface area (Å²) in [6.45, 7) is 1.58. The molecule has 1 saturated carbocycles. The van der Waals surface area contributed by atoms with Gasteiger partial charge in [-0.1, -0.05) is 18.2 Å². The average Bonchev–Trinajstić information content (AvgIpc) is 2.61. The Kier molecular flexibility index (Phi) is 6.42. The van der Waals surface area contributed by atoms with Crippen LogP contribution in [0.1, 0.15) is 50.0 Å². The van der Waals surface area contributed by atoms with E-state index < -0.39 is 6.36 Å². The molecule has 146 valence electrons. The van der Waals surface area contributed by atoms with Crippen LogP contribution >= 0.6 is 0 Å². The molecule has 0 amide bonds. The highest BCUT2D eigenvalue weighted by atomic mass is 19.4. The van der Waals surface area contributed by atoms with Gasteiger partial charge in [0.2, 0.25) is 0 Å². The van der Waals surface area contributed by atoms with Crippen molar-refractivity contribution in [2.24, 2.45) is 5.73 Å². The maximum absolute atomic E-state index is 12.6. The number of piperidine rings is 1. The fourth-order valence-corrected chi connectivity index (χ4v) is 3.98. The van der Waals surface area contributed by atoms with E-state index in [-0.39, 0.29) is 29.9 Å². The number of rotatable bonds is 5. The Balaban J connectivity index is 1.51. The molecule has 4 nitrogen and oxygen atoms in total. The van der Waals surface area contributed by atoms with E-state index in [0.29, 0.717) is 12.2 Å². The molecule has 1 aliphatic heterocycles. The second-order valence-electron chi connectivity index (χ2n) is 7.26. The summed E-state index contributed by atoms with van der Waals surface area (Å²) in [6, 6.07) is 6.78. The van der Waals surface area contributed by atoms with Crippen LogP contribution in [0.4, 0.5) is 13.2 Å². The van der Waals surface area contributed by atoms with Crippen molar-refractivity contribution in [3.05, 3.63) is 29.8 Å². The van der Waals surface area contributed by atoms with E-state index in [1.807, 2.05) is 0 Å². The van der Waals surface area contributed by atoms with E-state index in [1.165, 1.54) is 6.07 Å². The van der Waals surface area contributed by atoms with Gasteiger partial charge in [0.1, 0.15) is 5.75 Å². The van der Waals surface area contributed by atoms with E-state index in [9.17, 15) is 13.2 Å². The van der Waals surface area contributed by atoms with Crippen LogP contribution in [-0.2, 0) is 4.74 Å². The van der Waals surface area contributed by atoms with E-state index >= 15 is 0 Å². The predicted molar refractivity (Wildman–Crippen MR) is 93.1 cm³/mol. The lowest BCUT2D eigenvalue weighted by Crippen LogP contribution is -2.52. The summed E-state index contributed by atoms with van der Waals surface area (Å²) in [5, 5.41) is 3.40. The van der Waals surface area contributed by atoms with Crippen LogP contribution < -0.4 is 15.8 Å². The topological polar surface area (TPSA) is 56.5 Å². The first kappa shape index (κ1) is 19.5. The molecule has 2 fully saturated rings. The maximum Gasteiger partial charge on any atom is 0.573 e. The smallest absolute Gasteiger partial charge is 0.405 e. The second-order valence-corrected chi connectivity index (χ2v) is 7.26. The molecule has 26 heavy (non-hydrogen) atoms. The Hall–Kier alpha value is -1.31. The molecule has 3 N–H and O–H groups in total. The normalized spacial score (nSPS) is 30.2. The lowest BCUT2D eigenvalue weighted by molar-refractivity contribution is -0.275. The van der Waals surface area contributed by atoms with Crippen molar-refractivity contribution in [2.75, 3.05) is 13.2 Å². The Morgan fingerprint density at radius 2 is 1.81 bits per heavy atom. The van der Waals surface area contributed by atoms with Gasteiger partial charge in [-0.3, -0.25) is 0 Å². The van der Waals surface area contributed by atoms with Crippen molar-refractivity contribution in [1.29, 1.82) is 0 Å². The quantitative estimate of drug-likeness (QED) is 0.827. The Bertz CT molecular complexity index is 574. The van der Waals surface area contributed by atoms with Crippen LogP contribution in [-0.4, -0.2) is 37.7 Å². The van der Waals surface area contributed by atoms with Crippen LogP contribution in [0.2, 0.25) is 0 Å². The number of benzene rings is 1. The summed E-state index contributed by atoms with van der Waals surface area (Å²) in [4.78, 5) is 0. The van der Waals surface area contributed by atoms with Gasteiger partial charge in [-0.2, -0.15) is 0 Å². The molecule has 1 aromatic rings. The molecule has 1 heterocycles. The molecule has 7 heteroatoms. The van der Waals surface area contributed by atoms with Crippen LogP contribution in [0.15, 0.2) is 24.3 Å². The highest BCUT2D eigenvalue weighted by Gasteiger charge is 2.34. The average molecular weight is 372 g/mol. The summed E-state index contributed by atoms with van der Waals surface area (Å²) >= 11 is 0. The molecular formula is C19H27F3N2O2. The SMILES string of the molecule is NC1CCCNC1COC1CCC(c2ccccc2OC(F)(F)F)CC1. The molecule has 2 aliphatic rings. The van der Waals surface area contributed by atoms with E-state index in [4.69, 9.17) is 10.5 Å². The third kappa shape index (κ3) is 5.34. The number of halogens is 3. The van der Waals surface area contributed by atoms with Gasteiger partial charge in [-0.05, 0) is 62.6 Å². The summed E-state index contributed by atoms with van der Waals surface area (Å²) in [6.07, 6.45) is 0.881. The number of hydrogen-bond acceptors (Lipinski definition) is 4. The zero-order chi connectivity index (χ0) is 18.6. The third-order valence-corrected chi connectivity index (χ3v) is 5.41. The predicted octanol–water partition coefficient (Wildman–Crippen LogP) is 3.71. The largest absolute Gasteiger partial charge is 0.573 e. The maximum atomic E-state index is 12.6. The third-order valence-electron chi connectivity index (χ3n) is 5.41. The molecule has 3 rings (SSSR count). The van der Waals surface area contributed by atoms with Gasteiger partial charge in [-0.25, -0.2) is 0 Å². The molecule has 0 bridgehead atoms. The zero-order valence-electron chi connectivity index (χ0n) is 14.8. The number of ether oxygens (including phenoxy) is 2. The van der Waals surface area contributed by atoms with Gasteiger partial charge in [-0.15, -0.1) is 13.2 Å². The fourth-order valence-electron chi connectivity index (χ4n) is 3.98.